The van der Waals surface area contributed by atoms with E-state index >= 15 is 0 Å². The molecule has 0 N–H and O–H groups in total. The second kappa shape index (κ2) is 7.11. The summed E-state index contributed by atoms with van der Waals surface area (Å²) in [6, 6.07) is 3.84. The Morgan fingerprint density at radius 3 is 2.68 bits per heavy atom. The number of thiophene rings is 1. The van der Waals surface area contributed by atoms with E-state index in [0.29, 0.717) is 4.91 Å². The van der Waals surface area contributed by atoms with Crippen molar-refractivity contribution in [3.8, 4) is 0 Å². The molecular weight excluding hydrogens is 322 g/mol. The number of amides is 2. The molecule has 0 aliphatic carbocycles. The summed E-state index contributed by atoms with van der Waals surface area (Å²) in [4.78, 5) is 39.1. The molecule has 0 bridgehead atoms. The van der Waals surface area contributed by atoms with Gasteiger partial charge >= 0.3 is 5.97 Å². The van der Waals surface area contributed by atoms with Gasteiger partial charge < -0.3 is 4.74 Å². The summed E-state index contributed by atoms with van der Waals surface area (Å²) in [5.74, 6) is -0.799. The molecule has 0 radical (unpaired) electrons. The predicted octanol–water partition coefficient (Wildman–Crippen LogP) is 3.29. The van der Waals surface area contributed by atoms with Crippen molar-refractivity contribution in [1.29, 1.82) is 0 Å². The fraction of sp³-hybridized carbons (Fsp3) is 0.400. The Bertz CT molecular complexity index is 633. The minimum absolute atomic E-state index is 0.209. The molecule has 22 heavy (non-hydrogen) atoms. The van der Waals surface area contributed by atoms with Crippen molar-refractivity contribution in [2.45, 2.75) is 20.8 Å². The lowest BCUT2D eigenvalue weighted by molar-refractivity contribution is -0.147. The zero-order valence-corrected chi connectivity index (χ0v) is 14.3. The summed E-state index contributed by atoms with van der Waals surface area (Å²) < 4.78 is 5.01. The summed E-state index contributed by atoms with van der Waals surface area (Å²) in [7, 11) is 0. The number of aryl methyl sites for hydroxylation is 1. The number of hydrogen-bond donors (Lipinski definition) is 0. The van der Waals surface area contributed by atoms with E-state index in [2.05, 4.69) is 0 Å². The van der Waals surface area contributed by atoms with Crippen LogP contribution in [0.25, 0.3) is 6.08 Å². The van der Waals surface area contributed by atoms with E-state index in [4.69, 9.17) is 4.74 Å². The van der Waals surface area contributed by atoms with Crippen molar-refractivity contribution in [3.63, 3.8) is 0 Å². The zero-order chi connectivity index (χ0) is 16.3. The number of hydrogen-bond acceptors (Lipinski definition) is 6. The molecule has 1 aliphatic rings. The van der Waals surface area contributed by atoms with Crippen molar-refractivity contribution in [1.82, 2.24) is 4.90 Å². The lowest BCUT2D eigenvalue weighted by Crippen LogP contribution is -2.34. The molecular formula is C15H17NO4S2. The van der Waals surface area contributed by atoms with Crippen LogP contribution in [0.5, 0.6) is 0 Å². The third-order valence-corrected chi connectivity index (χ3v) is 4.63. The van der Waals surface area contributed by atoms with E-state index in [1.165, 1.54) is 0 Å². The number of carbonyl (C=O) groups is 3. The van der Waals surface area contributed by atoms with Crippen LogP contribution < -0.4 is 0 Å². The van der Waals surface area contributed by atoms with E-state index in [1.807, 2.05) is 32.9 Å². The maximum Gasteiger partial charge on any atom is 0.326 e. The second-order valence-electron chi connectivity index (χ2n) is 5.29. The quantitative estimate of drug-likeness (QED) is 0.608. The predicted molar refractivity (Wildman–Crippen MR) is 87.5 cm³/mol. The average Bonchev–Trinajstić information content (AvgIpc) is 2.96. The van der Waals surface area contributed by atoms with Crippen molar-refractivity contribution < 1.29 is 19.1 Å². The van der Waals surface area contributed by atoms with Gasteiger partial charge in [-0.3, -0.25) is 19.3 Å². The van der Waals surface area contributed by atoms with Crippen LogP contribution in [0.2, 0.25) is 0 Å². The number of esters is 1. The summed E-state index contributed by atoms with van der Waals surface area (Å²) in [6.07, 6.45) is 1.68. The lowest BCUT2D eigenvalue weighted by Gasteiger charge is -2.12. The number of imide groups is 1. The summed E-state index contributed by atoms with van der Waals surface area (Å²) in [5, 5.41) is -0.439. The van der Waals surface area contributed by atoms with Gasteiger partial charge in [0.2, 0.25) is 0 Å². The molecule has 1 aromatic heterocycles. The molecule has 1 fully saturated rings. The number of ether oxygens (including phenoxy) is 1. The highest BCUT2D eigenvalue weighted by Crippen LogP contribution is 2.33. The first kappa shape index (κ1) is 16.8. The molecule has 1 saturated heterocycles. The van der Waals surface area contributed by atoms with E-state index in [0.717, 1.165) is 26.4 Å². The Labute approximate surface area is 137 Å². The van der Waals surface area contributed by atoms with Crippen molar-refractivity contribution in [3.05, 3.63) is 26.8 Å². The SMILES string of the molecule is Cc1ccc(/C=C2/SC(=O)N(CC(=O)OCC(C)C)C2=O)s1. The van der Waals surface area contributed by atoms with E-state index in [9.17, 15) is 14.4 Å². The highest BCUT2D eigenvalue weighted by Gasteiger charge is 2.36. The van der Waals surface area contributed by atoms with Crippen LogP contribution in [0, 0.1) is 12.8 Å². The Hall–Kier alpha value is -1.60. The van der Waals surface area contributed by atoms with Gasteiger partial charge in [-0.15, -0.1) is 11.3 Å². The van der Waals surface area contributed by atoms with Gasteiger partial charge in [-0.2, -0.15) is 0 Å². The monoisotopic (exact) mass is 339 g/mol. The molecule has 1 aliphatic heterocycles. The van der Waals surface area contributed by atoms with Crippen LogP contribution in [0.1, 0.15) is 23.6 Å². The Morgan fingerprint density at radius 1 is 1.36 bits per heavy atom. The summed E-state index contributed by atoms with van der Waals surface area (Å²) in [5.41, 5.74) is 0. The van der Waals surface area contributed by atoms with E-state index in [1.54, 1.807) is 17.4 Å². The standard InChI is InChI=1S/C15H17NO4S2/c1-9(2)8-20-13(17)7-16-14(18)12(22-15(16)19)6-11-5-4-10(3)21-11/h4-6,9H,7-8H2,1-3H3/b12-6+. The van der Waals surface area contributed by atoms with Gasteiger partial charge in [0.25, 0.3) is 11.1 Å². The van der Waals surface area contributed by atoms with Gasteiger partial charge in [-0.1, -0.05) is 13.8 Å². The minimum atomic E-state index is -0.566. The maximum absolute atomic E-state index is 12.2. The molecule has 118 valence electrons. The van der Waals surface area contributed by atoms with E-state index < -0.39 is 17.1 Å². The van der Waals surface area contributed by atoms with Crippen molar-refractivity contribution in [2.75, 3.05) is 13.2 Å². The first-order chi connectivity index (χ1) is 10.4. The normalized spacial score (nSPS) is 16.9. The topological polar surface area (TPSA) is 63.7 Å². The Kier molecular flexibility index (Phi) is 5.42. The average molecular weight is 339 g/mol. The largest absolute Gasteiger partial charge is 0.464 e. The molecule has 5 nitrogen and oxygen atoms in total. The van der Waals surface area contributed by atoms with Crippen molar-refractivity contribution >= 4 is 46.3 Å². The number of rotatable bonds is 5. The molecule has 1 aromatic rings. The fourth-order valence-electron chi connectivity index (χ4n) is 1.73. The van der Waals surface area contributed by atoms with Gasteiger partial charge in [0, 0.05) is 9.75 Å². The van der Waals surface area contributed by atoms with Gasteiger partial charge in [0.1, 0.15) is 6.54 Å². The highest BCUT2D eigenvalue weighted by atomic mass is 32.2. The molecule has 0 unspecified atom stereocenters. The van der Waals surface area contributed by atoms with Gasteiger partial charge in [0.15, 0.2) is 0 Å². The number of nitrogens with zero attached hydrogens (tertiary/aromatic N) is 1. The number of carbonyl (C=O) groups excluding carboxylic acids is 3. The van der Waals surface area contributed by atoms with Crippen molar-refractivity contribution in [2.24, 2.45) is 5.92 Å². The van der Waals surface area contributed by atoms with Crippen LogP contribution in [-0.2, 0) is 14.3 Å². The molecule has 0 aromatic carbocycles. The zero-order valence-electron chi connectivity index (χ0n) is 12.6. The molecule has 2 heterocycles. The van der Waals surface area contributed by atoms with Crippen LogP contribution in [0.4, 0.5) is 4.79 Å². The molecule has 7 heteroatoms. The summed E-state index contributed by atoms with van der Waals surface area (Å²) in [6.45, 7) is 5.74. The molecule has 0 saturated carbocycles. The van der Waals surface area contributed by atoms with Crippen LogP contribution in [-0.4, -0.2) is 35.2 Å². The van der Waals surface area contributed by atoms with Crippen LogP contribution in [0.3, 0.4) is 0 Å². The molecule has 0 atom stereocenters. The number of thioether (sulfide) groups is 1. The molecule has 2 rings (SSSR count). The highest BCUT2D eigenvalue weighted by molar-refractivity contribution is 8.18. The third-order valence-electron chi connectivity index (χ3n) is 2.77. The van der Waals surface area contributed by atoms with Gasteiger partial charge in [-0.25, -0.2) is 0 Å². The smallest absolute Gasteiger partial charge is 0.326 e. The third kappa shape index (κ3) is 4.20. The molecule has 2 amide bonds. The van der Waals surface area contributed by atoms with E-state index in [-0.39, 0.29) is 19.1 Å². The van der Waals surface area contributed by atoms with Crippen LogP contribution in [0.15, 0.2) is 17.0 Å². The second-order valence-corrected chi connectivity index (χ2v) is 7.61. The Morgan fingerprint density at radius 2 is 2.09 bits per heavy atom. The molecule has 0 spiro atoms. The Balaban J connectivity index is 2.02. The maximum atomic E-state index is 12.2. The fourth-order valence-corrected chi connectivity index (χ4v) is 3.46. The summed E-state index contributed by atoms with van der Waals surface area (Å²) >= 11 is 2.39. The van der Waals surface area contributed by atoms with Gasteiger partial charge in [-0.05, 0) is 42.8 Å². The lowest BCUT2D eigenvalue weighted by atomic mass is 10.2. The van der Waals surface area contributed by atoms with Gasteiger partial charge in [0.05, 0.1) is 11.5 Å². The van der Waals surface area contributed by atoms with Crippen LogP contribution >= 0.6 is 23.1 Å². The first-order valence-electron chi connectivity index (χ1n) is 6.84. The first-order valence-corrected chi connectivity index (χ1v) is 8.47. The minimum Gasteiger partial charge on any atom is -0.464 e.